The Kier molecular flexibility index (Phi) is 3.72. The van der Waals surface area contributed by atoms with E-state index in [1.165, 1.54) is 11.1 Å². The minimum absolute atomic E-state index is 0.872. The van der Waals surface area contributed by atoms with Crippen LogP contribution in [0.5, 0.6) is 0 Å². The van der Waals surface area contributed by atoms with Crippen molar-refractivity contribution in [2.45, 2.75) is 19.2 Å². The Balaban J connectivity index is 2.98. The van der Waals surface area contributed by atoms with Gasteiger partial charge in [-0.2, -0.15) is 0 Å². The minimum Gasteiger partial charge on any atom is -0.360 e. The molecule has 0 saturated carbocycles. The summed E-state index contributed by atoms with van der Waals surface area (Å²) in [6.45, 7) is 5.21. The number of halogens is 1. The minimum atomic E-state index is 0.872. The molecule has 0 saturated heterocycles. The Bertz CT molecular complexity index is 286. The van der Waals surface area contributed by atoms with Crippen LogP contribution in [0.4, 0.5) is 5.82 Å². The van der Waals surface area contributed by atoms with Crippen molar-refractivity contribution < 1.29 is 0 Å². The fourth-order valence-electron chi connectivity index (χ4n) is 1.25. The van der Waals surface area contributed by atoms with Gasteiger partial charge in [0.25, 0.3) is 0 Å². The van der Waals surface area contributed by atoms with Crippen LogP contribution in [0.1, 0.15) is 18.1 Å². The van der Waals surface area contributed by atoms with Crippen molar-refractivity contribution in [2.24, 2.45) is 0 Å². The van der Waals surface area contributed by atoms with Gasteiger partial charge in [0.05, 0.1) is 0 Å². The highest BCUT2D eigenvalue weighted by Gasteiger charge is 2.04. The summed E-state index contributed by atoms with van der Waals surface area (Å²) in [5, 5.41) is 0.872. The van der Waals surface area contributed by atoms with E-state index in [9.17, 15) is 0 Å². The number of aryl methyl sites for hydroxylation is 1. The van der Waals surface area contributed by atoms with Crippen molar-refractivity contribution in [1.82, 2.24) is 4.98 Å². The highest BCUT2D eigenvalue weighted by atomic mass is 79.9. The molecule has 0 aliphatic rings. The Morgan fingerprint density at radius 1 is 1.54 bits per heavy atom. The molecule has 1 rings (SSSR count). The van der Waals surface area contributed by atoms with Crippen LogP contribution >= 0.6 is 15.9 Å². The van der Waals surface area contributed by atoms with Crippen molar-refractivity contribution in [3.05, 3.63) is 23.4 Å². The van der Waals surface area contributed by atoms with Gasteiger partial charge in [0.15, 0.2) is 0 Å². The molecular weight excluding hydrogens is 228 g/mol. The van der Waals surface area contributed by atoms with E-state index >= 15 is 0 Å². The maximum absolute atomic E-state index is 4.42. The van der Waals surface area contributed by atoms with Crippen LogP contribution in [-0.4, -0.2) is 18.6 Å². The first-order chi connectivity index (χ1) is 6.19. The second kappa shape index (κ2) is 4.61. The summed E-state index contributed by atoms with van der Waals surface area (Å²) in [5.74, 6) is 1.08. The first-order valence-corrected chi connectivity index (χ1v) is 5.53. The van der Waals surface area contributed by atoms with Gasteiger partial charge in [0.1, 0.15) is 5.82 Å². The Morgan fingerprint density at radius 3 is 2.69 bits per heavy atom. The first kappa shape index (κ1) is 10.5. The summed E-state index contributed by atoms with van der Waals surface area (Å²) in [5.41, 5.74) is 2.46. The predicted molar refractivity (Wildman–Crippen MR) is 60.5 cm³/mol. The molecule has 0 aliphatic heterocycles. The molecule has 0 spiro atoms. The number of hydrogen-bond acceptors (Lipinski definition) is 2. The highest BCUT2D eigenvalue weighted by Crippen LogP contribution is 2.17. The molecule has 0 bridgehead atoms. The molecule has 13 heavy (non-hydrogen) atoms. The summed E-state index contributed by atoms with van der Waals surface area (Å²) in [7, 11) is 2.06. The third-order valence-corrected chi connectivity index (χ3v) is 2.74. The van der Waals surface area contributed by atoms with Crippen molar-refractivity contribution in [3.8, 4) is 0 Å². The van der Waals surface area contributed by atoms with Gasteiger partial charge in [0.2, 0.25) is 0 Å². The lowest BCUT2D eigenvalue weighted by Crippen LogP contribution is -2.18. The molecule has 1 aromatic rings. The standard InChI is InChI=1S/C10H15BrN2/c1-4-13(3)10-8(2)5-9(6-11)7-12-10/h5,7H,4,6H2,1-3H3. The molecule has 72 valence electrons. The molecule has 0 radical (unpaired) electrons. The van der Waals surface area contributed by atoms with Gasteiger partial charge in [-0.15, -0.1) is 0 Å². The Morgan fingerprint density at radius 2 is 2.23 bits per heavy atom. The molecule has 0 amide bonds. The molecule has 1 heterocycles. The Labute approximate surface area is 88.1 Å². The van der Waals surface area contributed by atoms with Crippen LogP contribution in [0.2, 0.25) is 0 Å². The largest absolute Gasteiger partial charge is 0.360 e. The van der Waals surface area contributed by atoms with E-state index in [4.69, 9.17) is 0 Å². The zero-order valence-corrected chi connectivity index (χ0v) is 9.93. The van der Waals surface area contributed by atoms with Crippen molar-refractivity contribution in [2.75, 3.05) is 18.5 Å². The normalized spacial score (nSPS) is 10.2. The highest BCUT2D eigenvalue weighted by molar-refractivity contribution is 9.08. The third-order valence-electron chi connectivity index (χ3n) is 2.10. The maximum Gasteiger partial charge on any atom is 0.131 e. The van der Waals surface area contributed by atoms with Crippen LogP contribution in [0.3, 0.4) is 0 Å². The fourth-order valence-corrected chi connectivity index (χ4v) is 1.55. The first-order valence-electron chi connectivity index (χ1n) is 4.41. The summed E-state index contributed by atoms with van der Waals surface area (Å²) >= 11 is 3.42. The number of anilines is 1. The molecule has 0 N–H and O–H groups in total. The van der Waals surface area contributed by atoms with Crippen LogP contribution in [0.15, 0.2) is 12.3 Å². The quantitative estimate of drug-likeness (QED) is 0.759. The molecule has 0 aliphatic carbocycles. The van der Waals surface area contributed by atoms with Gasteiger partial charge in [-0.1, -0.05) is 22.0 Å². The second-order valence-corrected chi connectivity index (χ2v) is 3.69. The van der Waals surface area contributed by atoms with Crippen molar-refractivity contribution in [1.29, 1.82) is 0 Å². The lowest BCUT2D eigenvalue weighted by Gasteiger charge is -2.18. The van der Waals surface area contributed by atoms with Crippen molar-refractivity contribution in [3.63, 3.8) is 0 Å². The topological polar surface area (TPSA) is 16.1 Å². The number of rotatable bonds is 3. The van der Waals surface area contributed by atoms with E-state index in [0.717, 1.165) is 17.7 Å². The van der Waals surface area contributed by atoms with E-state index in [1.807, 2.05) is 6.20 Å². The van der Waals surface area contributed by atoms with Crippen LogP contribution in [0.25, 0.3) is 0 Å². The molecule has 2 nitrogen and oxygen atoms in total. The number of nitrogens with zero attached hydrogens (tertiary/aromatic N) is 2. The fraction of sp³-hybridized carbons (Fsp3) is 0.500. The molecule has 0 unspecified atom stereocenters. The van der Waals surface area contributed by atoms with Crippen LogP contribution < -0.4 is 4.90 Å². The monoisotopic (exact) mass is 242 g/mol. The van der Waals surface area contributed by atoms with Gasteiger partial charge in [-0.25, -0.2) is 4.98 Å². The van der Waals surface area contributed by atoms with Gasteiger partial charge < -0.3 is 4.90 Å². The van der Waals surface area contributed by atoms with Gasteiger partial charge in [-0.05, 0) is 25.0 Å². The molecule has 0 atom stereocenters. The molecule has 3 heteroatoms. The summed E-state index contributed by atoms with van der Waals surface area (Å²) < 4.78 is 0. The molecular formula is C10H15BrN2. The Hall–Kier alpha value is -0.570. The summed E-state index contributed by atoms with van der Waals surface area (Å²) in [6, 6.07) is 2.17. The average molecular weight is 243 g/mol. The van der Waals surface area contributed by atoms with Crippen molar-refractivity contribution >= 4 is 21.7 Å². The van der Waals surface area contributed by atoms with Crippen LogP contribution in [-0.2, 0) is 5.33 Å². The smallest absolute Gasteiger partial charge is 0.131 e. The molecule has 0 fully saturated rings. The number of pyridine rings is 1. The van der Waals surface area contributed by atoms with Crippen LogP contribution in [0, 0.1) is 6.92 Å². The molecule has 0 aromatic carbocycles. The third kappa shape index (κ3) is 2.44. The zero-order valence-electron chi connectivity index (χ0n) is 8.34. The predicted octanol–water partition coefficient (Wildman–Crippen LogP) is 2.74. The number of aromatic nitrogens is 1. The summed E-state index contributed by atoms with van der Waals surface area (Å²) in [4.78, 5) is 6.56. The van der Waals surface area contributed by atoms with E-state index < -0.39 is 0 Å². The van der Waals surface area contributed by atoms with E-state index in [-0.39, 0.29) is 0 Å². The van der Waals surface area contributed by atoms with Gasteiger partial charge >= 0.3 is 0 Å². The second-order valence-electron chi connectivity index (χ2n) is 3.13. The van der Waals surface area contributed by atoms with Gasteiger partial charge in [0, 0.05) is 25.1 Å². The SMILES string of the molecule is CCN(C)c1ncc(CBr)cc1C. The van der Waals surface area contributed by atoms with Gasteiger partial charge in [-0.3, -0.25) is 0 Å². The lowest BCUT2D eigenvalue weighted by molar-refractivity contribution is 0.927. The number of hydrogen-bond donors (Lipinski definition) is 0. The van der Waals surface area contributed by atoms with E-state index in [0.29, 0.717) is 0 Å². The average Bonchev–Trinajstić information content (AvgIpc) is 2.16. The summed E-state index contributed by atoms with van der Waals surface area (Å²) in [6.07, 6.45) is 1.92. The number of alkyl halides is 1. The maximum atomic E-state index is 4.42. The lowest BCUT2D eigenvalue weighted by atomic mass is 10.2. The van der Waals surface area contributed by atoms with E-state index in [2.05, 4.69) is 52.8 Å². The zero-order chi connectivity index (χ0) is 9.84. The van der Waals surface area contributed by atoms with E-state index in [1.54, 1.807) is 0 Å². The molecule has 1 aromatic heterocycles.